The van der Waals surface area contributed by atoms with Gasteiger partial charge in [-0.25, -0.2) is 14.6 Å². The monoisotopic (exact) mass is 258 g/mol. The average Bonchev–Trinajstić information content (AvgIpc) is 3.01. The molecule has 2 aromatic heterocycles. The smallest absolute Gasteiger partial charge is 0.178 e. The third-order valence-electron chi connectivity index (χ3n) is 3.37. The maximum atomic E-state index is 4.36. The molecule has 1 unspecified atom stereocenters. The van der Waals surface area contributed by atoms with Crippen molar-refractivity contribution in [3.05, 3.63) is 31.0 Å². The number of nitrogens with one attached hydrogen (secondary N) is 2. The van der Waals surface area contributed by atoms with Gasteiger partial charge in [0.1, 0.15) is 12.7 Å². The van der Waals surface area contributed by atoms with Crippen LogP contribution in [-0.4, -0.2) is 38.9 Å². The molecular formula is C13H18N6. The molecule has 1 atom stereocenters. The van der Waals surface area contributed by atoms with E-state index in [1.54, 1.807) is 17.2 Å². The maximum absolute atomic E-state index is 4.36. The molecule has 0 amide bonds. The first-order valence-corrected chi connectivity index (χ1v) is 6.71. The van der Waals surface area contributed by atoms with Gasteiger partial charge in [0.05, 0.1) is 5.69 Å². The van der Waals surface area contributed by atoms with Crippen LogP contribution in [0.2, 0.25) is 0 Å². The van der Waals surface area contributed by atoms with E-state index >= 15 is 0 Å². The van der Waals surface area contributed by atoms with Crippen LogP contribution >= 0.6 is 0 Å². The molecule has 2 aromatic rings. The Bertz CT molecular complexity index is 504. The van der Waals surface area contributed by atoms with Crippen LogP contribution in [-0.2, 0) is 0 Å². The summed E-state index contributed by atoms with van der Waals surface area (Å²) in [6, 6.07) is 4.49. The number of anilines is 1. The number of nitrogens with zero attached hydrogens (tertiary/aromatic N) is 4. The van der Waals surface area contributed by atoms with Crippen molar-refractivity contribution < 1.29 is 0 Å². The lowest BCUT2D eigenvalue weighted by Gasteiger charge is -2.24. The third-order valence-corrected chi connectivity index (χ3v) is 3.37. The van der Waals surface area contributed by atoms with Crippen molar-refractivity contribution >= 4 is 5.69 Å². The second-order valence-electron chi connectivity index (χ2n) is 4.74. The number of pyridine rings is 1. The van der Waals surface area contributed by atoms with Gasteiger partial charge in [-0.15, -0.1) is 0 Å². The second-order valence-corrected chi connectivity index (χ2v) is 4.74. The van der Waals surface area contributed by atoms with Crippen LogP contribution in [0, 0.1) is 0 Å². The molecule has 0 aliphatic carbocycles. The van der Waals surface area contributed by atoms with E-state index in [0.717, 1.165) is 24.6 Å². The molecule has 1 fully saturated rings. The number of aromatic nitrogens is 4. The van der Waals surface area contributed by atoms with Crippen LogP contribution < -0.4 is 10.6 Å². The molecule has 3 rings (SSSR count). The lowest BCUT2D eigenvalue weighted by atomic mass is 10.1. The van der Waals surface area contributed by atoms with E-state index in [-0.39, 0.29) is 0 Å². The molecule has 6 nitrogen and oxygen atoms in total. The van der Waals surface area contributed by atoms with Gasteiger partial charge in [-0.2, -0.15) is 5.10 Å². The Balaban J connectivity index is 1.70. The van der Waals surface area contributed by atoms with E-state index in [1.807, 2.05) is 12.1 Å². The van der Waals surface area contributed by atoms with E-state index in [1.165, 1.54) is 25.6 Å². The van der Waals surface area contributed by atoms with Gasteiger partial charge in [0.25, 0.3) is 0 Å². The molecule has 0 saturated carbocycles. The van der Waals surface area contributed by atoms with Gasteiger partial charge in [0.15, 0.2) is 5.82 Å². The quantitative estimate of drug-likeness (QED) is 0.863. The van der Waals surface area contributed by atoms with Gasteiger partial charge in [-0.1, -0.05) is 6.42 Å². The SMILES string of the molecule is c1cnc(-n2cncn2)c(NCC2CCCCN2)c1. The molecule has 2 N–H and O–H groups in total. The first-order chi connectivity index (χ1) is 9.43. The maximum Gasteiger partial charge on any atom is 0.178 e. The summed E-state index contributed by atoms with van der Waals surface area (Å²) in [6.07, 6.45) is 8.76. The highest BCUT2D eigenvalue weighted by Crippen LogP contribution is 2.16. The van der Waals surface area contributed by atoms with Crippen molar-refractivity contribution in [2.24, 2.45) is 0 Å². The molecule has 6 heteroatoms. The molecule has 0 aromatic carbocycles. The Morgan fingerprint density at radius 1 is 1.42 bits per heavy atom. The van der Waals surface area contributed by atoms with Crippen molar-refractivity contribution in [1.29, 1.82) is 0 Å². The number of piperidine rings is 1. The first-order valence-electron chi connectivity index (χ1n) is 6.71. The minimum absolute atomic E-state index is 0.539. The summed E-state index contributed by atoms with van der Waals surface area (Å²) in [5.41, 5.74) is 0.986. The molecule has 1 aliphatic heterocycles. The zero-order valence-corrected chi connectivity index (χ0v) is 10.8. The summed E-state index contributed by atoms with van der Waals surface area (Å²) in [5, 5.41) is 11.1. The second kappa shape index (κ2) is 5.79. The predicted octanol–water partition coefficient (Wildman–Crippen LogP) is 1.22. The fourth-order valence-corrected chi connectivity index (χ4v) is 2.37. The van der Waals surface area contributed by atoms with E-state index in [4.69, 9.17) is 0 Å². The Morgan fingerprint density at radius 2 is 2.42 bits per heavy atom. The van der Waals surface area contributed by atoms with Gasteiger partial charge >= 0.3 is 0 Å². The lowest BCUT2D eigenvalue weighted by molar-refractivity contribution is 0.414. The molecule has 0 spiro atoms. The Hall–Kier alpha value is -1.95. The highest BCUT2D eigenvalue weighted by molar-refractivity contribution is 5.56. The summed E-state index contributed by atoms with van der Waals surface area (Å²) in [4.78, 5) is 8.32. The predicted molar refractivity (Wildman–Crippen MR) is 73.3 cm³/mol. The summed E-state index contributed by atoms with van der Waals surface area (Å²) >= 11 is 0. The van der Waals surface area contributed by atoms with Gasteiger partial charge in [-0.05, 0) is 31.5 Å². The van der Waals surface area contributed by atoms with Gasteiger partial charge < -0.3 is 10.6 Å². The molecule has 1 saturated heterocycles. The number of hydrogen-bond donors (Lipinski definition) is 2. The number of hydrogen-bond acceptors (Lipinski definition) is 5. The van der Waals surface area contributed by atoms with Crippen molar-refractivity contribution in [3.63, 3.8) is 0 Å². The van der Waals surface area contributed by atoms with Gasteiger partial charge in [0.2, 0.25) is 0 Å². The van der Waals surface area contributed by atoms with E-state index in [0.29, 0.717) is 6.04 Å². The van der Waals surface area contributed by atoms with Crippen molar-refractivity contribution in [1.82, 2.24) is 25.1 Å². The van der Waals surface area contributed by atoms with Crippen molar-refractivity contribution in [3.8, 4) is 5.82 Å². The van der Waals surface area contributed by atoms with Crippen LogP contribution in [0.25, 0.3) is 5.82 Å². The average molecular weight is 258 g/mol. The van der Waals surface area contributed by atoms with Crippen LogP contribution in [0.4, 0.5) is 5.69 Å². The highest BCUT2D eigenvalue weighted by atomic mass is 15.3. The minimum Gasteiger partial charge on any atom is -0.380 e. The van der Waals surface area contributed by atoms with Crippen molar-refractivity contribution in [2.45, 2.75) is 25.3 Å². The Labute approximate surface area is 112 Å². The standard InChI is InChI=1S/C13H18N6/c1-2-6-15-11(4-1)8-17-12-5-3-7-16-13(12)19-10-14-9-18-19/h3,5,7,9-11,15,17H,1-2,4,6,8H2. The topological polar surface area (TPSA) is 67.7 Å². The Kier molecular flexibility index (Phi) is 3.69. The van der Waals surface area contributed by atoms with Crippen LogP contribution in [0.1, 0.15) is 19.3 Å². The summed E-state index contributed by atoms with van der Waals surface area (Å²) in [7, 11) is 0. The third kappa shape index (κ3) is 2.90. The summed E-state index contributed by atoms with van der Waals surface area (Å²) < 4.78 is 1.68. The van der Waals surface area contributed by atoms with Gasteiger partial charge in [-0.3, -0.25) is 0 Å². The zero-order chi connectivity index (χ0) is 12.9. The van der Waals surface area contributed by atoms with Crippen molar-refractivity contribution in [2.75, 3.05) is 18.4 Å². The van der Waals surface area contributed by atoms with E-state index in [2.05, 4.69) is 25.7 Å². The molecule has 100 valence electrons. The van der Waals surface area contributed by atoms with Crippen LogP contribution in [0.3, 0.4) is 0 Å². The van der Waals surface area contributed by atoms with Gasteiger partial charge in [0, 0.05) is 18.8 Å². The summed E-state index contributed by atoms with van der Waals surface area (Å²) in [5.74, 6) is 0.788. The normalized spacial score (nSPS) is 19.3. The Morgan fingerprint density at radius 3 is 3.21 bits per heavy atom. The zero-order valence-electron chi connectivity index (χ0n) is 10.8. The fourth-order valence-electron chi connectivity index (χ4n) is 2.37. The van der Waals surface area contributed by atoms with E-state index < -0.39 is 0 Å². The molecular weight excluding hydrogens is 240 g/mol. The van der Waals surface area contributed by atoms with E-state index in [9.17, 15) is 0 Å². The molecule has 0 bridgehead atoms. The van der Waals surface area contributed by atoms with Crippen LogP contribution in [0.15, 0.2) is 31.0 Å². The van der Waals surface area contributed by atoms with Crippen LogP contribution in [0.5, 0.6) is 0 Å². The molecule has 0 radical (unpaired) electrons. The minimum atomic E-state index is 0.539. The molecule has 1 aliphatic rings. The fraction of sp³-hybridized carbons (Fsp3) is 0.462. The highest BCUT2D eigenvalue weighted by Gasteiger charge is 2.13. The number of rotatable bonds is 4. The lowest BCUT2D eigenvalue weighted by Crippen LogP contribution is -2.39. The largest absolute Gasteiger partial charge is 0.380 e. The molecule has 3 heterocycles. The first kappa shape index (κ1) is 12.1. The summed E-state index contributed by atoms with van der Waals surface area (Å²) in [6.45, 7) is 2.03. The molecule has 19 heavy (non-hydrogen) atoms.